The third-order valence-electron chi connectivity index (χ3n) is 6.13. The molecular formula is C22H31N5O2. The first kappa shape index (κ1) is 19.9. The van der Waals surface area contributed by atoms with Crippen LogP contribution in [0.2, 0.25) is 0 Å². The van der Waals surface area contributed by atoms with Crippen LogP contribution < -0.4 is 10.1 Å². The molecule has 0 aromatic carbocycles. The molecule has 1 aliphatic carbocycles. The number of carbonyl (C=O) groups is 1. The third-order valence-corrected chi connectivity index (χ3v) is 6.13. The van der Waals surface area contributed by atoms with Gasteiger partial charge in [-0.2, -0.15) is 0 Å². The highest BCUT2D eigenvalue weighted by Gasteiger charge is 2.26. The molecule has 2 aromatic rings. The highest BCUT2D eigenvalue weighted by molar-refractivity contribution is 5.78. The number of hydrogen-bond acceptors (Lipinski definition) is 5. The van der Waals surface area contributed by atoms with Gasteiger partial charge in [-0.25, -0.2) is 9.97 Å². The van der Waals surface area contributed by atoms with Gasteiger partial charge < -0.3 is 14.6 Å². The maximum absolute atomic E-state index is 12.7. The van der Waals surface area contributed by atoms with Crippen LogP contribution in [0, 0.1) is 5.92 Å². The zero-order valence-corrected chi connectivity index (χ0v) is 17.2. The molecule has 4 rings (SSSR count). The molecule has 156 valence electrons. The number of likely N-dealkylation sites (tertiary alicyclic amines) is 1. The van der Waals surface area contributed by atoms with Crippen molar-refractivity contribution in [3.05, 3.63) is 42.1 Å². The summed E-state index contributed by atoms with van der Waals surface area (Å²) in [5.41, 5.74) is 0.958. The second-order valence-electron chi connectivity index (χ2n) is 8.21. The number of piperidine rings is 1. The van der Waals surface area contributed by atoms with Gasteiger partial charge in [-0.1, -0.05) is 6.07 Å². The monoisotopic (exact) mass is 397 g/mol. The topological polar surface area (TPSA) is 72.3 Å². The Morgan fingerprint density at radius 3 is 2.69 bits per heavy atom. The minimum Gasteiger partial charge on any atom is -0.474 e. The summed E-state index contributed by atoms with van der Waals surface area (Å²) in [6, 6.07) is 3.89. The molecule has 1 N–H and O–H groups in total. The largest absolute Gasteiger partial charge is 0.474 e. The van der Waals surface area contributed by atoms with Crippen molar-refractivity contribution in [3.8, 4) is 5.88 Å². The Balaban J connectivity index is 1.25. The first-order valence-electron chi connectivity index (χ1n) is 10.8. The van der Waals surface area contributed by atoms with Crippen LogP contribution in [0.5, 0.6) is 5.88 Å². The minimum absolute atomic E-state index is 0.0727. The number of nitrogens with zero attached hydrogens (tertiary/aromatic N) is 4. The molecule has 29 heavy (non-hydrogen) atoms. The molecule has 3 heterocycles. The van der Waals surface area contributed by atoms with Gasteiger partial charge in [0.1, 0.15) is 11.9 Å². The maximum atomic E-state index is 12.7. The van der Waals surface area contributed by atoms with Crippen molar-refractivity contribution in [1.29, 1.82) is 0 Å². The second-order valence-corrected chi connectivity index (χ2v) is 8.21. The standard InChI is InChI=1S/C22H31N5O2/c1-26-14-11-23-20(26)16-27-12-8-17(9-13-27)21(28)25-15-18-5-4-10-24-22(18)29-19-6-2-3-7-19/h4-5,10-11,14,17,19H,2-3,6-9,12-13,15-16H2,1H3,(H,25,28). The number of aryl methyl sites for hydroxylation is 1. The van der Waals surface area contributed by atoms with E-state index in [2.05, 4.69) is 24.8 Å². The van der Waals surface area contributed by atoms with Crippen molar-refractivity contribution in [1.82, 2.24) is 24.8 Å². The Labute approximate surface area is 172 Å². The first-order chi connectivity index (χ1) is 14.2. The van der Waals surface area contributed by atoms with Crippen molar-refractivity contribution >= 4 is 5.91 Å². The van der Waals surface area contributed by atoms with Crippen LogP contribution in [0.25, 0.3) is 0 Å². The van der Waals surface area contributed by atoms with E-state index < -0.39 is 0 Å². The number of amides is 1. The Morgan fingerprint density at radius 1 is 1.17 bits per heavy atom. The van der Waals surface area contributed by atoms with E-state index in [1.165, 1.54) is 12.8 Å². The second kappa shape index (κ2) is 9.39. The molecule has 0 radical (unpaired) electrons. The normalized spacial score (nSPS) is 18.8. The van der Waals surface area contributed by atoms with E-state index >= 15 is 0 Å². The highest BCUT2D eigenvalue weighted by atomic mass is 16.5. The van der Waals surface area contributed by atoms with Gasteiger partial charge in [-0.3, -0.25) is 9.69 Å². The lowest BCUT2D eigenvalue weighted by molar-refractivity contribution is -0.126. The van der Waals surface area contributed by atoms with E-state index in [0.717, 1.165) is 56.7 Å². The molecule has 2 aromatic heterocycles. The third kappa shape index (κ3) is 5.15. The number of rotatable bonds is 7. The Hall–Kier alpha value is -2.41. The molecule has 1 saturated carbocycles. The van der Waals surface area contributed by atoms with E-state index in [4.69, 9.17) is 4.74 Å². The van der Waals surface area contributed by atoms with Crippen molar-refractivity contribution in [3.63, 3.8) is 0 Å². The van der Waals surface area contributed by atoms with Crippen LogP contribution in [0.4, 0.5) is 0 Å². The van der Waals surface area contributed by atoms with Crippen molar-refractivity contribution in [2.45, 2.75) is 57.7 Å². The summed E-state index contributed by atoms with van der Waals surface area (Å²) in [5, 5.41) is 3.11. The van der Waals surface area contributed by atoms with Gasteiger partial charge in [0.2, 0.25) is 11.8 Å². The molecule has 1 aliphatic heterocycles. The molecule has 0 bridgehead atoms. The van der Waals surface area contributed by atoms with Crippen LogP contribution in [-0.2, 0) is 24.9 Å². The summed E-state index contributed by atoms with van der Waals surface area (Å²) in [6.45, 7) is 3.17. The first-order valence-corrected chi connectivity index (χ1v) is 10.8. The number of aromatic nitrogens is 3. The van der Waals surface area contributed by atoms with Gasteiger partial charge in [-0.05, 0) is 57.7 Å². The number of pyridine rings is 1. The molecule has 0 atom stereocenters. The number of nitrogens with one attached hydrogen (secondary N) is 1. The number of carbonyl (C=O) groups excluding carboxylic acids is 1. The molecule has 0 spiro atoms. The smallest absolute Gasteiger partial charge is 0.223 e. The Bertz CT molecular complexity index is 807. The highest BCUT2D eigenvalue weighted by Crippen LogP contribution is 2.25. The van der Waals surface area contributed by atoms with E-state index in [9.17, 15) is 4.79 Å². The van der Waals surface area contributed by atoms with Gasteiger partial charge >= 0.3 is 0 Å². The summed E-state index contributed by atoms with van der Waals surface area (Å²) in [6.07, 6.45) is 12.2. The number of imidazole rings is 1. The van der Waals surface area contributed by atoms with Crippen molar-refractivity contribution in [2.75, 3.05) is 13.1 Å². The predicted molar refractivity (Wildman–Crippen MR) is 110 cm³/mol. The molecule has 7 heteroatoms. The molecule has 0 unspecified atom stereocenters. The summed E-state index contributed by atoms with van der Waals surface area (Å²) in [4.78, 5) is 23.9. The SMILES string of the molecule is Cn1ccnc1CN1CCC(C(=O)NCc2cccnc2OC2CCCC2)CC1. The van der Waals surface area contributed by atoms with E-state index in [1.807, 2.05) is 31.6 Å². The summed E-state index contributed by atoms with van der Waals surface area (Å²) in [5.74, 6) is 1.95. The van der Waals surface area contributed by atoms with E-state index in [-0.39, 0.29) is 17.9 Å². The van der Waals surface area contributed by atoms with Crippen LogP contribution in [0.15, 0.2) is 30.7 Å². The lowest BCUT2D eigenvalue weighted by atomic mass is 9.96. The fraction of sp³-hybridized carbons (Fsp3) is 0.591. The molecule has 2 fully saturated rings. The van der Waals surface area contributed by atoms with E-state index in [0.29, 0.717) is 12.4 Å². The maximum Gasteiger partial charge on any atom is 0.223 e. The Kier molecular flexibility index (Phi) is 6.44. The summed E-state index contributed by atoms with van der Waals surface area (Å²) in [7, 11) is 2.02. The van der Waals surface area contributed by atoms with Crippen LogP contribution in [0.3, 0.4) is 0 Å². The zero-order chi connectivity index (χ0) is 20.1. The van der Waals surface area contributed by atoms with Crippen LogP contribution in [-0.4, -0.2) is 44.5 Å². The fourth-order valence-corrected chi connectivity index (χ4v) is 4.26. The van der Waals surface area contributed by atoms with Gasteiger partial charge in [0.25, 0.3) is 0 Å². The average molecular weight is 398 g/mol. The van der Waals surface area contributed by atoms with Gasteiger partial charge in [-0.15, -0.1) is 0 Å². The number of hydrogen-bond donors (Lipinski definition) is 1. The van der Waals surface area contributed by atoms with Crippen molar-refractivity contribution in [2.24, 2.45) is 13.0 Å². The average Bonchev–Trinajstić information content (AvgIpc) is 3.40. The lowest BCUT2D eigenvalue weighted by Crippen LogP contribution is -2.40. The van der Waals surface area contributed by atoms with Crippen molar-refractivity contribution < 1.29 is 9.53 Å². The molecule has 1 saturated heterocycles. The molecule has 1 amide bonds. The number of ether oxygens (including phenoxy) is 1. The summed E-state index contributed by atoms with van der Waals surface area (Å²) < 4.78 is 8.13. The fourth-order valence-electron chi connectivity index (χ4n) is 4.26. The quantitative estimate of drug-likeness (QED) is 0.778. The zero-order valence-electron chi connectivity index (χ0n) is 17.2. The van der Waals surface area contributed by atoms with Gasteiger partial charge in [0, 0.05) is 43.7 Å². The van der Waals surface area contributed by atoms with E-state index in [1.54, 1.807) is 6.20 Å². The Morgan fingerprint density at radius 2 is 1.97 bits per heavy atom. The lowest BCUT2D eigenvalue weighted by Gasteiger charge is -2.31. The van der Waals surface area contributed by atoms with Gasteiger partial charge in [0.15, 0.2) is 0 Å². The van der Waals surface area contributed by atoms with Crippen LogP contribution in [0.1, 0.15) is 49.9 Å². The van der Waals surface area contributed by atoms with Gasteiger partial charge in [0.05, 0.1) is 6.54 Å². The molecule has 7 nitrogen and oxygen atoms in total. The summed E-state index contributed by atoms with van der Waals surface area (Å²) >= 11 is 0. The minimum atomic E-state index is 0.0727. The molecule has 2 aliphatic rings. The predicted octanol–water partition coefficient (Wildman–Crippen LogP) is 2.66. The van der Waals surface area contributed by atoms with Crippen LogP contribution >= 0.6 is 0 Å². The molecular weight excluding hydrogens is 366 g/mol.